The molecular weight excluding hydrogens is 376 g/mol. The molecule has 4 nitrogen and oxygen atoms in total. The lowest BCUT2D eigenvalue weighted by atomic mass is 9.96. The molecule has 0 aliphatic rings. The van der Waals surface area contributed by atoms with Crippen molar-refractivity contribution in [2.75, 3.05) is 0 Å². The average molecular weight is 419 g/mol. The number of carbonyl (C=O) groups is 2. The van der Waals surface area contributed by atoms with Gasteiger partial charge in [0.25, 0.3) is 0 Å². The Kier molecular flexibility index (Phi) is 14.8. The fourth-order valence-electron chi connectivity index (χ4n) is 3.97. The van der Waals surface area contributed by atoms with Crippen LogP contribution in [0.4, 0.5) is 0 Å². The number of unbranched alkanes of at least 4 members (excludes halogenated alkanes) is 7. The van der Waals surface area contributed by atoms with Crippen LogP contribution in [0.5, 0.6) is 0 Å². The maximum Gasteiger partial charge on any atom is 0.303 e. The molecule has 30 heavy (non-hydrogen) atoms. The topological polar surface area (TPSA) is 63.6 Å². The summed E-state index contributed by atoms with van der Waals surface area (Å²) in [6.07, 6.45) is 15.5. The highest BCUT2D eigenvalue weighted by molar-refractivity contribution is 5.66. The Balaban J connectivity index is 2.34. The number of carboxylic acids is 1. The van der Waals surface area contributed by atoms with Crippen LogP contribution in [0.2, 0.25) is 0 Å². The van der Waals surface area contributed by atoms with Crippen LogP contribution in [0.1, 0.15) is 108 Å². The first-order valence-electron chi connectivity index (χ1n) is 12.0. The molecule has 0 amide bonds. The van der Waals surface area contributed by atoms with Crippen molar-refractivity contribution in [2.45, 2.75) is 116 Å². The minimum Gasteiger partial charge on any atom is -0.481 e. The van der Waals surface area contributed by atoms with Crippen molar-refractivity contribution in [3.63, 3.8) is 0 Å². The molecule has 1 aromatic rings. The molecule has 170 valence electrons. The zero-order chi connectivity index (χ0) is 22.0. The second kappa shape index (κ2) is 16.9. The van der Waals surface area contributed by atoms with E-state index in [1.165, 1.54) is 50.2 Å². The second-order valence-electron chi connectivity index (χ2n) is 8.40. The molecule has 4 heteroatoms. The first-order valence-corrected chi connectivity index (χ1v) is 12.0. The minimum absolute atomic E-state index is 0.0555. The van der Waals surface area contributed by atoms with Gasteiger partial charge in [0, 0.05) is 13.3 Å². The van der Waals surface area contributed by atoms with E-state index >= 15 is 0 Å². The SMILES string of the molecule is CCCCCCCC[C@@H](CCCCc1ccccc1CCCCC(=O)O)OC(C)=O. The first-order chi connectivity index (χ1) is 14.5. The quantitative estimate of drug-likeness (QED) is 0.208. The summed E-state index contributed by atoms with van der Waals surface area (Å²) in [5, 5.41) is 8.78. The molecule has 0 aliphatic heterocycles. The van der Waals surface area contributed by atoms with Crippen LogP contribution in [0.25, 0.3) is 0 Å². The molecule has 0 saturated heterocycles. The molecule has 1 N–H and O–H groups in total. The lowest BCUT2D eigenvalue weighted by Crippen LogP contribution is -2.16. The predicted molar refractivity (Wildman–Crippen MR) is 123 cm³/mol. The summed E-state index contributed by atoms with van der Waals surface area (Å²) < 4.78 is 5.55. The van der Waals surface area contributed by atoms with Crippen molar-refractivity contribution in [1.82, 2.24) is 0 Å². The Morgan fingerprint density at radius 2 is 1.37 bits per heavy atom. The van der Waals surface area contributed by atoms with Gasteiger partial charge < -0.3 is 9.84 Å². The van der Waals surface area contributed by atoms with Crippen molar-refractivity contribution in [2.24, 2.45) is 0 Å². The molecule has 0 spiro atoms. The summed E-state index contributed by atoms with van der Waals surface area (Å²) in [5.41, 5.74) is 2.71. The van der Waals surface area contributed by atoms with Crippen LogP contribution in [-0.2, 0) is 27.2 Å². The monoisotopic (exact) mass is 418 g/mol. The number of benzene rings is 1. The molecule has 1 atom stereocenters. The van der Waals surface area contributed by atoms with E-state index in [9.17, 15) is 9.59 Å². The molecule has 0 aromatic heterocycles. The molecule has 0 fully saturated rings. The second-order valence-corrected chi connectivity index (χ2v) is 8.40. The average Bonchev–Trinajstić information content (AvgIpc) is 2.71. The fourth-order valence-corrected chi connectivity index (χ4v) is 3.97. The van der Waals surface area contributed by atoms with E-state index in [1.54, 1.807) is 0 Å². The summed E-state index contributed by atoms with van der Waals surface area (Å²) in [7, 11) is 0. The highest BCUT2D eigenvalue weighted by atomic mass is 16.5. The largest absolute Gasteiger partial charge is 0.481 e. The molecule has 0 bridgehead atoms. The maximum absolute atomic E-state index is 11.4. The van der Waals surface area contributed by atoms with Crippen molar-refractivity contribution >= 4 is 11.9 Å². The Labute approximate surface area is 183 Å². The maximum atomic E-state index is 11.4. The van der Waals surface area contributed by atoms with Gasteiger partial charge in [0.2, 0.25) is 0 Å². The molecule has 0 heterocycles. The van der Waals surface area contributed by atoms with Crippen LogP contribution in [0, 0.1) is 0 Å². The zero-order valence-electron chi connectivity index (χ0n) is 19.2. The Hall–Kier alpha value is -1.84. The van der Waals surface area contributed by atoms with E-state index in [4.69, 9.17) is 9.84 Å². The van der Waals surface area contributed by atoms with E-state index in [2.05, 4.69) is 31.2 Å². The van der Waals surface area contributed by atoms with Crippen LogP contribution in [0.3, 0.4) is 0 Å². The normalized spacial score (nSPS) is 11.9. The van der Waals surface area contributed by atoms with Crippen molar-refractivity contribution in [3.8, 4) is 0 Å². The summed E-state index contributed by atoms with van der Waals surface area (Å²) in [6.45, 7) is 3.74. The predicted octanol–water partition coefficient (Wildman–Crippen LogP) is 6.88. The molecular formula is C26H42O4. The number of carbonyl (C=O) groups excluding carboxylic acids is 1. The Bertz CT molecular complexity index is 596. The molecule has 1 aromatic carbocycles. The van der Waals surface area contributed by atoms with Gasteiger partial charge in [-0.3, -0.25) is 9.59 Å². The summed E-state index contributed by atoms with van der Waals surface area (Å²) in [6, 6.07) is 8.49. The third kappa shape index (κ3) is 13.4. The molecule has 0 aliphatic carbocycles. The van der Waals surface area contributed by atoms with Gasteiger partial charge in [-0.15, -0.1) is 0 Å². The lowest BCUT2D eigenvalue weighted by Gasteiger charge is -2.17. The van der Waals surface area contributed by atoms with Gasteiger partial charge in [-0.25, -0.2) is 0 Å². The minimum atomic E-state index is -0.716. The number of esters is 1. The van der Waals surface area contributed by atoms with Crippen molar-refractivity contribution < 1.29 is 19.4 Å². The molecule has 0 unspecified atom stereocenters. The highest BCUT2D eigenvalue weighted by Crippen LogP contribution is 2.19. The van der Waals surface area contributed by atoms with Crippen LogP contribution >= 0.6 is 0 Å². The van der Waals surface area contributed by atoms with E-state index in [1.807, 2.05) is 0 Å². The van der Waals surface area contributed by atoms with Crippen molar-refractivity contribution in [1.29, 1.82) is 0 Å². The van der Waals surface area contributed by atoms with Crippen LogP contribution < -0.4 is 0 Å². The molecule has 1 rings (SSSR count). The van der Waals surface area contributed by atoms with Gasteiger partial charge in [0.05, 0.1) is 0 Å². The lowest BCUT2D eigenvalue weighted by molar-refractivity contribution is -0.147. The number of rotatable bonds is 18. The standard InChI is InChI=1S/C26H42O4/c1-3-4-5-6-7-8-19-25(30-22(2)27)20-13-11-17-23-15-9-10-16-24(23)18-12-14-21-26(28)29/h9-10,15-16,25H,3-8,11-14,17-21H2,1-2H3,(H,28,29)/t25-/m0/s1. The number of hydrogen-bond acceptors (Lipinski definition) is 3. The summed E-state index contributed by atoms with van der Waals surface area (Å²) in [5.74, 6) is -0.885. The summed E-state index contributed by atoms with van der Waals surface area (Å²) in [4.78, 5) is 22.1. The number of aryl methyl sites for hydroxylation is 2. The third-order valence-corrected chi connectivity index (χ3v) is 5.64. The Morgan fingerprint density at radius 3 is 1.93 bits per heavy atom. The van der Waals surface area contributed by atoms with Gasteiger partial charge in [0.15, 0.2) is 0 Å². The molecule has 0 saturated carbocycles. The van der Waals surface area contributed by atoms with Crippen LogP contribution in [0.15, 0.2) is 24.3 Å². The zero-order valence-corrected chi connectivity index (χ0v) is 19.2. The van der Waals surface area contributed by atoms with Gasteiger partial charge in [0.1, 0.15) is 6.10 Å². The highest BCUT2D eigenvalue weighted by Gasteiger charge is 2.12. The van der Waals surface area contributed by atoms with E-state index in [0.29, 0.717) is 0 Å². The first kappa shape index (κ1) is 26.2. The van der Waals surface area contributed by atoms with E-state index in [-0.39, 0.29) is 18.5 Å². The smallest absolute Gasteiger partial charge is 0.303 e. The van der Waals surface area contributed by atoms with Crippen LogP contribution in [-0.4, -0.2) is 23.1 Å². The fraction of sp³-hybridized carbons (Fsp3) is 0.692. The number of ether oxygens (including phenoxy) is 1. The number of carboxylic acid groups (broad SMARTS) is 1. The van der Waals surface area contributed by atoms with Gasteiger partial charge in [-0.2, -0.15) is 0 Å². The Morgan fingerprint density at radius 1 is 0.833 bits per heavy atom. The van der Waals surface area contributed by atoms with Gasteiger partial charge in [-0.05, 0) is 68.9 Å². The van der Waals surface area contributed by atoms with Crippen molar-refractivity contribution in [3.05, 3.63) is 35.4 Å². The van der Waals surface area contributed by atoms with Gasteiger partial charge in [-0.1, -0.05) is 63.3 Å². The summed E-state index contributed by atoms with van der Waals surface area (Å²) >= 11 is 0. The number of hydrogen-bond donors (Lipinski definition) is 1. The number of aliphatic carboxylic acids is 1. The third-order valence-electron chi connectivity index (χ3n) is 5.64. The van der Waals surface area contributed by atoms with Gasteiger partial charge >= 0.3 is 11.9 Å². The molecule has 0 radical (unpaired) electrons. The van der Waals surface area contributed by atoms with E-state index in [0.717, 1.165) is 57.8 Å². The van der Waals surface area contributed by atoms with E-state index < -0.39 is 5.97 Å².